The number of amides is 1. The molecule has 0 aromatic heterocycles. The second-order valence-electron chi connectivity index (χ2n) is 6.32. The zero-order valence-corrected chi connectivity index (χ0v) is 13.6. The summed E-state index contributed by atoms with van der Waals surface area (Å²) in [5, 5.41) is 3.54. The standard InChI is InChI=1S/C17H26N2O2/c1-9-6-7-13(16(21-5)12(9)4)15-14(17(18)20)10(2)8-11(3)19-15/h6-7,10-11,14-15,19H,8H2,1-5H3,(H2,18,20). The van der Waals surface area contributed by atoms with Crippen molar-refractivity contribution in [1.82, 2.24) is 5.32 Å². The Morgan fingerprint density at radius 3 is 2.57 bits per heavy atom. The fourth-order valence-electron chi connectivity index (χ4n) is 3.57. The molecule has 1 aliphatic heterocycles. The summed E-state index contributed by atoms with van der Waals surface area (Å²) in [6.07, 6.45) is 0.956. The molecule has 116 valence electrons. The van der Waals surface area contributed by atoms with Gasteiger partial charge in [-0.05, 0) is 44.2 Å². The predicted molar refractivity (Wildman–Crippen MR) is 84.3 cm³/mol. The molecule has 1 fully saturated rings. The van der Waals surface area contributed by atoms with Gasteiger partial charge in [0.1, 0.15) is 5.75 Å². The van der Waals surface area contributed by atoms with Crippen LogP contribution < -0.4 is 15.8 Å². The monoisotopic (exact) mass is 290 g/mol. The minimum Gasteiger partial charge on any atom is -0.496 e. The number of carbonyl (C=O) groups excluding carboxylic acids is 1. The van der Waals surface area contributed by atoms with Crippen molar-refractivity contribution in [3.8, 4) is 5.75 Å². The third-order valence-electron chi connectivity index (χ3n) is 4.74. The number of rotatable bonds is 3. The zero-order valence-electron chi connectivity index (χ0n) is 13.6. The van der Waals surface area contributed by atoms with Gasteiger partial charge in [-0.1, -0.05) is 19.1 Å². The molecule has 4 heteroatoms. The summed E-state index contributed by atoms with van der Waals surface area (Å²) in [6.45, 7) is 8.36. The van der Waals surface area contributed by atoms with Crippen LogP contribution in [0.1, 0.15) is 43.0 Å². The second kappa shape index (κ2) is 6.06. The number of carbonyl (C=O) groups is 1. The van der Waals surface area contributed by atoms with Crippen LogP contribution in [0.25, 0.3) is 0 Å². The van der Waals surface area contributed by atoms with Gasteiger partial charge in [0.2, 0.25) is 5.91 Å². The Labute approximate surface area is 127 Å². The molecule has 1 heterocycles. The molecule has 4 atom stereocenters. The van der Waals surface area contributed by atoms with E-state index in [1.807, 2.05) is 6.92 Å². The first-order valence-corrected chi connectivity index (χ1v) is 7.56. The first kappa shape index (κ1) is 15.8. The summed E-state index contributed by atoms with van der Waals surface area (Å²) in [5.41, 5.74) is 9.00. The number of nitrogens with two attached hydrogens (primary N) is 1. The molecule has 1 aromatic rings. The topological polar surface area (TPSA) is 64.3 Å². The van der Waals surface area contributed by atoms with Crippen molar-refractivity contribution < 1.29 is 9.53 Å². The molecule has 4 nitrogen and oxygen atoms in total. The lowest BCUT2D eigenvalue weighted by Gasteiger charge is -2.40. The maximum Gasteiger partial charge on any atom is 0.222 e. The van der Waals surface area contributed by atoms with Crippen LogP contribution in [0, 0.1) is 25.7 Å². The Hall–Kier alpha value is -1.55. The van der Waals surface area contributed by atoms with Crippen LogP contribution >= 0.6 is 0 Å². The van der Waals surface area contributed by atoms with Crippen molar-refractivity contribution in [2.75, 3.05) is 7.11 Å². The predicted octanol–water partition coefficient (Wildman–Crippen LogP) is 2.47. The molecule has 1 aliphatic rings. The van der Waals surface area contributed by atoms with Crippen LogP contribution in [0.15, 0.2) is 12.1 Å². The molecular formula is C17H26N2O2. The van der Waals surface area contributed by atoms with Crippen LogP contribution in [0.4, 0.5) is 0 Å². The molecule has 21 heavy (non-hydrogen) atoms. The highest BCUT2D eigenvalue weighted by Gasteiger charge is 2.39. The Kier molecular flexibility index (Phi) is 4.57. The lowest BCUT2D eigenvalue weighted by atomic mass is 9.75. The fourth-order valence-corrected chi connectivity index (χ4v) is 3.57. The van der Waals surface area contributed by atoms with E-state index in [-0.39, 0.29) is 23.8 Å². The Balaban J connectivity index is 2.51. The van der Waals surface area contributed by atoms with Gasteiger partial charge in [0.15, 0.2) is 0 Å². The molecule has 0 saturated carbocycles. The van der Waals surface area contributed by atoms with Gasteiger partial charge in [-0.25, -0.2) is 0 Å². The van der Waals surface area contributed by atoms with Crippen molar-refractivity contribution in [1.29, 1.82) is 0 Å². The third kappa shape index (κ3) is 2.91. The van der Waals surface area contributed by atoms with Crippen LogP contribution in [0.2, 0.25) is 0 Å². The SMILES string of the molecule is COc1c(C2NC(C)CC(C)C2C(N)=O)ccc(C)c1C. The first-order valence-electron chi connectivity index (χ1n) is 7.56. The van der Waals surface area contributed by atoms with E-state index in [2.05, 4.69) is 38.2 Å². The van der Waals surface area contributed by atoms with E-state index in [0.717, 1.165) is 23.3 Å². The van der Waals surface area contributed by atoms with Crippen LogP contribution in [0.3, 0.4) is 0 Å². The number of hydrogen-bond donors (Lipinski definition) is 2. The van der Waals surface area contributed by atoms with Crippen LogP contribution in [-0.2, 0) is 4.79 Å². The van der Waals surface area contributed by atoms with Gasteiger partial charge >= 0.3 is 0 Å². The highest BCUT2D eigenvalue weighted by molar-refractivity contribution is 5.78. The van der Waals surface area contributed by atoms with Gasteiger partial charge < -0.3 is 15.8 Å². The highest BCUT2D eigenvalue weighted by atomic mass is 16.5. The average Bonchev–Trinajstić information content (AvgIpc) is 2.40. The maximum absolute atomic E-state index is 11.9. The minimum atomic E-state index is -0.243. The van der Waals surface area contributed by atoms with Crippen molar-refractivity contribution in [2.24, 2.45) is 17.6 Å². The summed E-state index contributed by atoms with van der Waals surface area (Å²) in [6, 6.07) is 4.40. The molecule has 0 spiro atoms. The van der Waals surface area contributed by atoms with Crippen molar-refractivity contribution in [3.63, 3.8) is 0 Å². The van der Waals surface area contributed by atoms with E-state index in [1.165, 1.54) is 5.56 Å². The first-order chi connectivity index (χ1) is 9.86. The molecule has 0 bridgehead atoms. The fraction of sp³-hybridized carbons (Fsp3) is 0.588. The summed E-state index contributed by atoms with van der Waals surface area (Å²) in [5.74, 6) is 0.666. The Morgan fingerprint density at radius 2 is 2.00 bits per heavy atom. The Bertz CT molecular complexity index is 542. The van der Waals surface area contributed by atoms with E-state index in [0.29, 0.717) is 6.04 Å². The molecule has 1 amide bonds. The smallest absolute Gasteiger partial charge is 0.222 e. The minimum absolute atomic E-state index is 0.0875. The average molecular weight is 290 g/mol. The zero-order chi connectivity index (χ0) is 15.7. The van der Waals surface area contributed by atoms with Gasteiger partial charge in [-0.3, -0.25) is 4.79 Å². The van der Waals surface area contributed by atoms with Crippen LogP contribution in [0.5, 0.6) is 5.75 Å². The lowest BCUT2D eigenvalue weighted by Crippen LogP contribution is -2.49. The van der Waals surface area contributed by atoms with Gasteiger partial charge in [-0.2, -0.15) is 0 Å². The van der Waals surface area contributed by atoms with Crippen molar-refractivity contribution in [3.05, 3.63) is 28.8 Å². The van der Waals surface area contributed by atoms with Gasteiger partial charge in [0.25, 0.3) is 0 Å². The van der Waals surface area contributed by atoms with Gasteiger partial charge in [0.05, 0.1) is 13.0 Å². The normalized spacial score (nSPS) is 29.2. The molecular weight excluding hydrogens is 264 g/mol. The number of methoxy groups -OCH3 is 1. The maximum atomic E-state index is 11.9. The molecule has 3 N–H and O–H groups in total. The summed E-state index contributed by atoms with van der Waals surface area (Å²) >= 11 is 0. The van der Waals surface area contributed by atoms with Gasteiger partial charge in [-0.15, -0.1) is 0 Å². The Morgan fingerprint density at radius 1 is 1.33 bits per heavy atom. The van der Waals surface area contributed by atoms with E-state index in [4.69, 9.17) is 10.5 Å². The highest BCUT2D eigenvalue weighted by Crippen LogP contribution is 2.40. The molecule has 0 radical (unpaired) electrons. The number of ether oxygens (including phenoxy) is 1. The quantitative estimate of drug-likeness (QED) is 0.899. The van der Waals surface area contributed by atoms with Crippen molar-refractivity contribution in [2.45, 2.75) is 46.2 Å². The van der Waals surface area contributed by atoms with E-state index in [1.54, 1.807) is 7.11 Å². The molecule has 1 aromatic carbocycles. The second-order valence-corrected chi connectivity index (χ2v) is 6.32. The molecule has 1 saturated heterocycles. The van der Waals surface area contributed by atoms with E-state index in [9.17, 15) is 4.79 Å². The van der Waals surface area contributed by atoms with E-state index < -0.39 is 0 Å². The summed E-state index contributed by atoms with van der Waals surface area (Å²) in [7, 11) is 1.68. The van der Waals surface area contributed by atoms with E-state index >= 15 is 0 Å². The summed E-state index contributed by atoms with van der Waals surface area (Å²) in [4.78, 5) is 11.9. The van der Waals surface area contributed by atoms with Crippen LogP contribution in [-0.4, -0.2) is 19.1 Å². The lowest BCUT2D eigenvalue weighted by molar-refractivity contribution is -0.125. The largest absolute Gasteiger partial charge is 0.496 e. The van der Waals surface area contributed by atoms with Crippen molar-refractivity contribution >= 4 is 5.91 Å². The third-order valence-corrected chi connectivity index (χ3v) is 4.74. The van der Waals surface area contributed by atoms with Gasteiger partial charge in [0, 0.05) is 17.6 Å². The number of piperidine rings is 1. The number of benzene rings is 1. The number of aryl methyl sites for hydroxylation is 1. The molecule has 2 rings (SSSR count). The molecule has 0 aliphatic carbocycles. The number of primary amides is 1. The number of hydrogen-bond acceptors (Lipinski definition) is 3. The summed E-state index contributed by atoms with van der Waals surface area (Å²) < 4.78 is 5.62. The number of nitrogens with one attached hydrogen (secondary N) is 1. The molecule has 4 unspecified atom stereocenters.